The first-order valence-corrected chi connectivity index (χ1v) is 5.53. The fraction of sp³-hybridized carbons (Fsp3) is 0.833. The molecule has 0 aromatic heterocycles. The van der Waals surface area contributed by atoms with E-state index < -0.39 is 22.5 Å². The molecule has 3 N–H and O–H groups in total. The highest BCUT2D eigenvalue weighted by Gasteiger charge is 2.10. The smallest absolute Gasteiger partial charge is 0.318 e. The van der Waals surface area contributed by atoms with Gasteiger partial charge in [0.05, 0.1) is 5.75 Å². The quantitative estimate of drug-likeness (QED) is 0.449. The Hall–Kier alpha value is -0.660. The molecule has 0 aromatic carbocycles. The number of hydrogen-bond donors (Lipinski definition) is 3. The summed E-state index contributed by atoms with van der Waals surface area (Å²) >= 11 is 0. The SMILES string of the molecule is CCNCCS(=O)(=O)NCC(=O)O. The first kappa shape index (κ1) is 12.3. The minimum absolute atomic E-state index is 0.103. The van der Waals surface area contributed by atoms with Crippen LogP contribution in [0.25, 0.3) is 0 Å². The number of rotatable bonds is 7. The third-order valence-electron chi connectivity index (χ3n) is 1.24. The largest absolute Gasteiger partial charge is 0.480 e. The lowest BCUT2D eigenvalue weighted by molar-refractivity contribution is -0.135. The lowest BCUT2D eigenvalue weighted by atomic mass is 10.7. The summed E-state index contributed by atoms with van der Waals surface area (Å²) in [6.45, 7) is 2.31. The molecule has 0 fully saturated rings. The molecule has 0 unspecified atom stereocenters. The van der Waals surface area contributed by atoms with Gasteiger partial charge in [-0.3, -0.25) is 4.79 Å². The molecule has 0 saturated heterocycles. The van der Waals surface area contributed by atoms with Crippen molar-refractivity contribution in [3.8, 4) is 0 Å². The second-order valence-electron chi connectivity index (χ2n) is 2.39. The van der Waals surface area contributed by atoms with E-state index in [1.54, 1.807) is 0 Å². The minimum Gasteiger partial charge on any atom is -0.480 e. The maximum Gasteiger partial charge on any atom is 0.318 e. The van der Waals surface area contributed by atoms with Crippen molar-refractivity contribution >= 4 is 16.0 Å². The molecular formula is C6H14N2O4S. The monoisotopic (exact) mass is 210 g/mol. The van der Waals surface area contributed by atoms with Crippen LogP contribution in [0.5, 0.6) is 0 Å². The van der Waals surface area contributed by atoms with E-state index in [1.165, 1.54) is 0 Å². The average molecular weight is 210 g/mol. The fourth-order valence-electron chi connectivity index (χ4n) is 0.627. The summed E-state index contributed by atoms with van der Waals surface area (Å²) in [5.74, 6) is -1.29. The molecule has 13 heavy (non-hydrogen) atoms. The second kappa shape index (κ2) is 5.90. The van der Waals surface area contributed by atoms with Gasteiger partial charge in [-0.15, -0.1) is 0 Å². The van der Waals surface area contributed by atoms with E-state index >= 15 is 0 Å². The third kappa shape index (κ3) is 7.69. The van der Waals surface area contributed by atoms with E-state index in [4.69, 9.17) is 5.11 Å². The van der Waals surface area contributed by atoms with Crippen LogP contribution in [0, 0.1) is 0 Å². The van der Waals surface area contributed by atoms with Gasteiger partial charge in [0.15, 0.2) is 0 Å². The van der Waals surface area contributed by atoms with Crippen molar-refractivity contribution < 1.29 is 18.3 Å². The lowest BCUT2D eigenvalue weighted by Crippen LogP contribution is -2.34. The Balaban J connectivity index is 3.74. The summed E-state index contributed by atoms with van der Waals surface area (Å²) in [5, 5.41) is 11.0. The van der Waals surface area contributed by atoms with Gasteiger partial charge in [-0.2, -0.15) is 0 Å². The van der Waals surface area contributed by atoms with E-state index in [-0.39, 0.29) is 5.75 Å². The molecule has 0 atom stereocenters. The van der Waals surface area contributed by atoms with Crippen LogP contribution in [-0.4, -0.2) is 44.9 Å². The number of carboxylic acids is 1. The van der Waals surface area contributed by atoms with Crippen LogP contribution in [0.2, 0.25) is 0 Å². The summed E-state index contributed by atoms with van der Waals surface area (Å²) in [6.07, 6.45) is 0. The van der Waals surface area contributed by atoms with E-state index in [9.17, 15) is 13.2 Å². The van der Waals surface area contributed by atoms with Crippen molar-refractivity contribution in [3.05, 3.63) is 0 Å². The molecule has 0 spiro atoms. The van der Waals surface area contributed by atoms with Crippen molar-refractivity contribution in [2.45, 2.75) is 6.92 Å². The molecule has 78 valence electrons. The van der Waals surface area contributed by atoms with E-state index in [0.717, 1.165) is 0 Å². The van der Waals surface area contributed by atoms with Gasteiger partial charge in [-0.1, -0.05) is 6.92 Å². The third-order valence-corrected chi connectivity index (χ3v) is 2.57. The molecule has 6 nitrogen and oxygen atoms in total. The summed E-state index contributed by atoms with van der Waals surface area (Å²) < 4.78 is 23.9. The van der Waals surface area contributed by atoms with Crippen LogP contribution in [0.15, 0.2) is 0 Å². The molecule has 0 aliphatic carbocycles. The van der Waals surface area contributed by atoms with Gasteiger partial charge in [-0.05, 0) is 6.54 Å². The predicted octanol–water partition coefficient (Wildman–Crippen LogP) is -1.40. The number of carboxylic acid groups (broad SMARTS) is 1. The summed E-state index contributed by atoms with van der Waals surface area (Å²) in [5.41, 5.74) is 0. The maximum atomic E-state index is 11.0. The van der Waals surface area contributed by atoms with Crippen molar-refractivity contribution in [1.29, 1.82) is 0 Å². The zero-order valence-corrected chi connectivity index (χ0v) is 8.23. The number of carbonyl (C=O) groups is 1. The molecule has 0 rings (SSSR count). The summed E-state index contributed by atoms with van der Waals surface area (Å²) in [7, 11) is -3.44. The molecule has 0 heterocycles. The van der Waals surface area contributed by atoms with Gasteiger partial charge in [0, 0.05) is 6.54 Å². The zero-order valence-electron chi connectivity index (χ0n) is 7.41. The highest BCUT2D eigenvalue weighted by Crippen LogP contribution is 1.81. The van der Waals surface area contributed by atoms with Crippen molar-refractivity contribution in [2.24, 2.45) is 0 Å². The van der Waals surface area contributed by atoms with E-state index in [0.29, 0.717) is 13.1 Å². The molecular weight excluding hydrogens is 196 g/mol. The van der Waals surface area contributed by atoms with Gasteiger partial charge in [-0.25, -0.2) is 13.1 Å². The molecule has 0 radical (unpaired) electrons. The molecule has 0 saturated carbocycles. The number of sulfonamides is 1. The Morgan fingerprint density at radius 2 is 2.08 bits per heavy atom. The van der Waals surface area contributed by atoms with Gasteiger partial charge in [0.25, 0.3) is 0 Å². The Bertz CT molecular complexity index is 249. The maximum absolute atomic E-state index is 11.0. The number of hydrogen-bond acceptors (Lipinski definition) is 4. The van der Waals surface area contributed by atoms with Crippen LogP contribution in [-0.2, 0) is 14.8 Å². The molecule has 0 bridgehead atoms. The van der Waals surface area contributed by atoms with Crippen molar-refractivity contribution in [3.63, 3.8) is 0 Å². The number of nitrogens with one attached hydrogen (secondary N) is 2. The Morgan fingerprint density at radius 1 is 1.46 bits per heavy atom. The van der Waals surface area contributed by atoms with Crippen LogP contribution >= 0.6 is 0 Å². The van der Waals surface area contributed by atoms with E-state index in [2.05, 4.69) is 5.32 Å². The van der Waals surface area contributed by atoms with Crippen LogP contribution < -0.4 is 10.0 Å². The topological polar surface area (TPSA) is 95.5 Å². The van der Waals surface area contributed by atoms with Gasteiger partial charge >= 0.3 is 5.97 Å². The van der Waals surface area contributed by atoms with Gasteiger partial charge < -0.3 is 10.4 Å². The highest BCUT2D eigenvalue weighted by atomic mass is 32.2. The van der Waals surface area contributed by atoms with Crippen molar-refractivity contribution in [2.75, 3.05) is 25.4 Å². The summed E-state index contributed by atoms with van der Waals surface area (Å²) in [6, 6.07) is 0. The van der Waals surface area contributed by atoms with Crippen LogP contribution in [0.3, 0.4) is 0 Å². The Kier molecular flexibility index (Phi) is 5.60. The Labute approximate surface area is 77.4 Å². The standard InChI is InChI=1S/C6H14N2O4S/c1-2-7-3-4-13(11,12)8-5-6(9)10/h7-8H,2-5H2,1H3,(H,9,10). The average Bonchev–Trinajstić information content (AvgIpc) is 2.02. The normalized spacial score (nSPS) is 11.5. The minimum atomic E-state index is -3.44. The van der Waals surface area contributed by atoms with Crippen molar-refractivity contribution in [1.82, 2.24) is 10.0 Å². The molecule has 7 heteroatoms. The van der Waals surface area contributed by atoms with Gasteiger partial charge in [0.2, 0.25) is 10.0 Å². The lowest BCUT2D eigenvalue weighted by Gasteiger charge is -2.04. The van der Waals surface area contributed by atoms with Crippen LogP contribution in [0.1, 0.15) is 6.92 Å². The zero-order chi connectivity index (χ0) is 10.3. The number of aliphatic carboxylic acids is 1. The molecule has 0 amide bonds. The first-order chi connectivity index (χ1) is 5.98. The van der Waals surface area contributed by atoms with Crippen LogP contribution in [0.4, 0.5) is 0 Å². The highest BCUT2D eigenvalue weighted by molar-refractivity contribution is 7.89. The summed E-state index contributed by atoms with van der Waals surface area (Å²) in [4.78, 5) is 10.0. The van der Waals surface area contributed by atoms with Gasteiger partial charge in [0.1, 0.15) is 6.54 Å². The van der Waals surface area contributed by atoms with E-state index in [1.807, 2.05) is 11.6 Å². The molecule has 0 aliphatic heterocycles. The Morgan fingerprint density at radius 3 is 2.54 bits per heavy atom. The first-order valence-electron chi connectivity index (χ1n) is 3.88. The molecule has 0 aliphatic rings. The predicted molar refractivity (Wildman–Crippen MR) is 48.0 cm³/mol. The second-order valence-corrected chi connectivity index (χ2v) is 4.31. The fourth-order valence-corrected chi connectivity index (χ4v) is 1.53. The molecule has 0 aromatic rings.